The molecule has 0 saturated heterocycles. The molecule has 2 rings (SSSR count). The minimum absolute atomic E-state index is 0.0572. The van der Waals surface area contributed by atoms with E-state index in [-0.39, 0.29) is 12.0 Å². The lowest BCUT2D eigenvalue weighted by Gasteiger charge is -2.22. The molecular weight excluding hydrogens is 294 g/mol. The summed E-state index contributed by atoms with van der Waals surface area (Å²) in [6, 6.07) is 1.93. The summed E-state index contributed by atoms with van der Waals surface area (Å²) in [6.07, 6.45) is 5.36. The van der Waals surface area contributed by atoms with Gasteiger partial charge in [-0.3, -0.25) is 0 Å². The van der Waals surface area contributed by atoms with Crippen molar-refractivity contribution in [3.8, 4) is 0 Å². The number of anilines is 1. The van der Waals surface area contributed by atoms with E-state index < -0.39 is 0 Å². The van der Waals surface area contributed by atoms with E-state index in [4.69, 9.17) is 9.47 Å². The molecule has 0 aromatic carbocycles. The zero-order valence-electron chi connectivity index (χ0n) is 14.2. The second-order valence-electron chi connectivity index (χ2n) is 6.21. The number of aliphatic hydroxyl groups excluding tert-OH is 1. The highest BCUT2D eigenvalue weighted by molar-refractivity contribution is 5.41. The molecule has 6 nitrogen and oxygen atoms in total. The Labute approximate surface area is 137 Å². The van der Waals surface area contributed by atoms with Crippen LogP contribution in [0.2, 0.25) is 0 Å². The number of ether oxygens (including phenoxy) is 2. The van der Waals surface area contributed by atoms with E-state index in [1.165, 1.54) is 5.57 Å². The SMILES string of the molecule is COC1=CC(OC)=C(CNc2cc(C(C)(C)CO)cnn2)CC1. The highest BCUT2D eigenvalue weighted by Gasteiger charge is 2.21. The predicted octanol–water partition coefficient (Wildman–Crippen LogP) is 2.38. The Bertz CT molecular complexity index is 609. The lowest BCUT2D eigenvalue weighted by Crippen LogP contribution is -2.23. The zero-order valence-corrected chi connectivity index (χ0v) is 14.2. The van der Waals surface area contributed by atoms with Gasteiger partial charge in [-0.05, 0) is 23.6 Å². The van der Waals surface area contributed by atoms with E-state index >= 15 is 0 Å². The second kappa shape index (κ2) is 7.46. The van der Waals surface area contributed by atoms with Crippen LogP contribution < -0.4 is 5.32 Å². The topological polar surface area (TPSA) is 76.5 Å². The van der Waals surface area contributed by atoms with Gasteiger partial charge in [0.15, 0.2) is 0 Å². The molecule has 0 amide bonds. The van der Waals surface area contributed by atoms with Crippen molar-refractivity contribution in [2.75, 3.05) is 32.7 Å². The fraction of sp³-hybridized carbons (Fsp3) is 0.529. The largest absolute Gasteiger partial charge is 0.501 e. The number of nitrogens with one attached hydrogen (secondary N) is 1. The van der Waals surface area contributed by atoms with Crippen LogP contribution in [0.25, 0.3) is 0 Å². The van der Waals surface area contributed by atoms with Gasteiger partial charge in [-0.2, -0.15) is 5.10 Å². The van der Waals surface area contributed by atoms with Crippen molar-refractivity contribution in [1.82, 2.24) is 10.2 Å². The molecule has 1 aliphatic rings. The molecule has 0 bridgehead atoms. The first kappa shape index (κ1) is 17.3. The van der Waals surface area contributed by atoms with E-state index in [1.54, 1.807) is 20.4 Å². The number of allylic oxidation sites excluding steroid dienone is 2. The molecule has 6 heteroatoms. The van der Waals surface area contributed by atoms with Gasteiger partial charge in [0.1, 0.15) is 11.6 Å². The summed E-state index contributed by atoms with van der Waals surface area (Å²) >= 11 is 0. The molecule has 1 aromatic heterocycles. The monoisotopic (exact) mass is 319 g/mol. The van der Waals surface area contributed by atoms with Gasteiger partial charge in [-0.15, -0.1) is 5.10 Å². The molecule has 2 N–H and O–H groups in total. The summed E-state index contributed by atoms with van der Waals surface area (Å²) in [5.74, 6) is 2.45. The average molecular weight is 319 g/mol. The quantitative estimate of drug-likeness (QED) is 0.803. The fourth-order valence-corrected chi connectivity index (χ4v) is 2.37. The van der Waals surface area contributed by atoms with Gasteiger partial charge in [0.2, 0.25) is 0 Å². The van der Waals surface area contributed by atoms with Crippen LogP contribution in [0.1, 0.15) is 32.3 Å². The van der Waals surface area contributed by atoms with E-state index in [1.807, 2.05) is 26.0 Å². The van der Waals surface area contributed by atoms with Gasteiger partial charge in [0, 0.05) is 24.5 Å². The van der Waals surface area contributed by atoms with Crippen molar-refractivity contribution in [3.63, 3.8) is 0 Å². The van der Waals surface area contributed by atoms with E-state index in [9.17, 15) is 5.11 Å². The van der Waals surface area contributed by atoms with Crippen LogP contribution in [0.4, 0.5) is 5.82 Å². The Balaban J connectivity index is 2.10. The third-order valence-electron chi connectivity index (χ3n) is 4.11. The number of methoxy groups -OCH3 is 2. The van der Waals surface area contributed by atoms with Gasteiger partial charge in [-0.1, -0.05) is 13.8 Å². The van der Waals surface area contributed by atoms with Crippen LogP contribution in [0.5, 0.6) is 0 Å². The Hall–Kier alpha value is -2.08. The normalized spacial score (nSPS) is 15.3. The third-order valence-corrected chi connectivity index (χ3v) is 4.11. The summed E-state index contributed by atoms with van der Waals surface area (Å²) in [6.45, 7) is 4.63. The number of hydrogen-bond acceptors (Lipinski definition) is 6. The summed E-state index contributed by atoms with van der Waals surface area (Å²) in [5, 5.41) is 20.9. The molecule has 1 heterocycles. The molecule has 126 valence electrons. The molecule has 0 fully saturated rings. The van der Waals surface area contributed by atoms with E-state index in [0.717, 1.165) is 29.9 Å². The van der Waals surface area contributed by atoms with Crippen LogP contribution in [0.15, 0.2) is 35.4 Å². The standard InChI is InChI=1S/C17H25N3O3/c1-17(2,11-21)13-7-16(20-19-10-13)18-9-12-5-6-14(22-3)8-15(12)23-4/h7-8,10,21H,5-6,9,11H2,1-4H3,(H,18,20). The van der Waals surface area contributed by atoms with Gasteiger partial charge in [0.05, 0.1) is 32.8 Å². The van der Waals surface area contributed by atoms with Crippen molar-refractivity contribution in [2.45, 2.75) is 32.1 Å². The summed E-state index contributed by atoms with van der Waals surface area (Å²) in [5.41, 5.74) is 1.77. The maximum Gasteiger partial charge on any atom is 0.149 e. The second-order valence-corrected chi connectivity index (χ2v) is 6.21. The van der Waals surface area contributed by atoms with E-state index in [2.05, 4.69) is 15.5 Å². The highest BCUT2D eigenvalue weighted by Crippen LogP contribution is 2.26. The number of aromatic nitrogens is 2. The Morgan fingerprint density at radius 3 is 2.70 bits per heavy atom. The Morgan fingerprint density at radius 1 is 1.26 bits per heavy atom. The summed E-state index contributed by atoms with van der Waals surface area (Å²) in [7, 11) is 3.33. The highest BCUT2D eigenvalue weighted by atomic mass is 16.5. The fourth-order valence-electron chi connectivity index (χ4n) is 2.37. The molecule has 0 spiro atoms. The first-order chi connectivity index (χ1) is 11.0. The molecule has 0 unspecified atom stereocenters. The molecule has 0 radical (unpaired) electrons. The van der Waals surface area contributed by atoms with E-state index in [0.29, 0.717) is 12.4 Å². The summed E-state index contributed by atoms with van der Waals surface area (Å²) in [4.78, 5) is 0. The van der Waals surface area contributed by atoms with Gasteiger partial charge >= 0.3 is 0 Å². The maximum absolute atomic E-state index is 9.48. The Kier molecular flexibility index (Phi) is 5.60. The third kappa shape index (κ3) is 4.22. The predicted molar refractivity (Wildman–Crippen MR) is 89.0 cm³/mol. The average Bonchev–Trinajstić information content (AvgIpc) is 2.60. The molecule has 23 heavy (non-hydrogen) atoms. The lowest BCUT2D eigenvalue weighted by molar-refractivity contribution is 0.218. The first-order valence-electron chi connectivity index (χ1n) is 7.68. The number of hydrogen-bond donors (Lipinski definition) is 2. The smallest absolute Gasteiger partial charge is 0.149 e. The van der Waals surface area contributed by atoms with Crippen LogP contribution >= 0.6 is 0 Å². The molecule has 0 aliphatic heterocycles. The number of aliphatic hydroxyl groups is 1. The van der Waals surface area contributed by atoms with Gasteiger partial charge < -0.3 is 19.9 Å². The molecule has 1 aromatic rings. The van der Waals surface area contributed by atoms with Gasteiger partial charge in [-0.25, -0.2) is 0 Å². The van der Waals surface area contributed by atoms with Crippen molar-refractivity contribution < 1.29 is 14.6 Å². The zero-order chi connectivity index (χ0) is 16.9. The molecule has 1 aliphatic carbocycles. The van der Waals surface area contributed by atoms with Crippen LogP contribution in [0.3, 0.4) is 0 Å². The number of nitrogens with zero attached hydrogens (tertiary/aromatic N) is 2. The molecule has 0 saturated carbocycles. The van der Waals surface area contributed by atoms with Crippen LogP contribution in [0, 0.1) is 0 Å². The first-order valence-corrected chi connectivity index (χ1v) is 7.68. The summed E-state index contributed by atoms with van der Waals surface area (Å²) < 4.78 is 10.7. The van der Waals surface area contributed by atoms with Gasteiger partial charge in [0.25, 0.3) is 0 Å². The molecular formula is C17H25N3O3. The van der Waals surface area contributed by atoms with Crippen molar-refractivity contribution in [1.29, 1.82) is 0 Å². The maximum atomic E-state index is 9.48. The van der Waals surface area contributed by atoms with Crippen molar-refractivity contribution >= 4 is 5.82 Å². The van der Waals surface area contributed by atoms with Crippen LogP contribution in [-0.4, -0.2) is 42.7 Å². The minimum Gasteiger partial charge on any atom is -0.501 e. The van der Waals surface area contributed by atoms with Crippen molar-refractivity contribution in [3.05, 3.63) is 41.0 Å². The molecule has 0 atom stereocenters. The van der Waals surface area contributed by atoms with Crippen molar-refractivity contribution in [2.24, 2.45) is 0 Å². The Morgan fingerprint density at radius 2 is 2.04 bits per heavy atom. The van der Waals surface area contributed by atoms with Crippen LogP contribution in [-0.2, 0) is 14.9 Å². The minimum atomic E-state index is -0.343. The lowest BCUT2D eigenvalue weighted by atomic mass is 9.87. The number of rotatable bonds is 7.